The van der Waals surface area contributed by atoms with Crippen LogP contribution >= 0.6 is 22.7 Å². The zero-order valence-corrected chi connectivity index (χ0v) is 66.0. The van der Waals surface area contributed by atoms with Crippen LogP contribution < -0.4 is 9.47 Å². The van der Waals surface area contributed by atoms with Crippen molar-refractivity contribution in [2.24, 2.45) is 0 Å². The molecule has 2 spiro atoms. The van der Waals surface area contributed by atoms with E-state index in [0.29, 0.717) is 11.6 Å². The Bertz CT molecular complexity index is 8090. The van der Waals surface area contributed by atoms with Gasteiger partial charge in [-0.25, -0.2) is 19.9 Å². The summed E-state index contributed by atoms with van der Waals surface area (Å²) in [5.74, 6) is 4.90. The van der Waals surface area contributed by atoms with Crippen LogP contribution in [0.1, 0.15) is 44.5 Å². The molecule has 8 heteroatoms. The fourth-order valence-corrected chi connectivity index (χ4v) is 22.7. The molecule has 6 heterocycles. The van der Waals surface area contributed by atoms with Crippen molar-refractivity contribution < 1.29 is 9.47 Å². The molecule has 4 aromatic heterocycles. The lowest BCUT2D eigenvalue weighted by Crippen LogP contribution is -2.32. The van der Waals surface area contributed by atoms with E-state index in [1.807, 2.05) is 0 Å². The van der Waals surface area contributed by atoms with Crippen molar-refractivity contribution in [1.29, 1.82) is 0 Å². The number of benzene rings is 18. The highest BCUT2D eigenvalue weighted by molar-refractivity contribution is 7.26. The Kier molecular flexibility index (Phi) is 14.4. The van der Waals surface area contributed by atoms with Crippen molar-refractivity contribution >= 4 is 95.6 Å². The summed E-state index contributed by atoms with van der Waals surface area (Å²) >= 11 is 3.52. The second-order valence-corrected chi connectivity index (χ2v) is 34.2. The van der Waals surface area contributed by atoms with Gasteiger partial charge in [0.2, 0.25) is 0 Å². The van der Waals surface area contributed by atoms with Crippen LogP contribution in [-0.2, 0) is 10.8 Å². The number of hydrogen-bond acceptors (Lipinski definition) is 8. The normalized spacial score (nSPS) is 13.4. The lowest BCUT2D eigenvalue weighted by Gasteiger charge is -2.39. The average molecular weight is 1560 g/mol. The topological polar surface area (TPSA) is 70.0 Å². The predicted octanol–water partition coefficient (Wildman–Crippen LogP) is 29.7. The molecule has 0 N–H and O–H groups in total. The Hall–Kier alpha value is -15.1. The smallest absolute Gasteiger partial charge is 0.160 e. The van der Waals surface area contributed by atoms with Gasteiger partial charge >= 0.3 is 0 Å². The molecule has 120 heavy (non-hydrogen) atoms. The fourth-order valence-electron chi connectivity index (χ4n) is 20.3. The molecule has 2 aliphatic heterocycles. The van der Waals surface area contributed by atoms with E-state index in [4.69, 9.17) is 29.4 Å². The maximum Gasteiger partial charge on any atom is 0.160 e. The molecule has 0 unspecified atom stereocenters. The Morgan fingerprint density at radius 2 is 0.575 bits per heavy atom. The molecule has 556 valence electrons. The molecule has 4 aliphatic rings. The summed E-state index contributed by atoms with van der Waals surface area (Å²) in [6.45, 7) is 0. The number of rotatable bonds is 8. The average Bonchev–Trinajstić information content (AvgIpc) is 1.51. The van der Waals surface area contributed by atoms with Gasteiger partial charge in [0.1, 0.15) is 23.0 Å². The second kappa shape index (κ2) is 25.7. The van der Waals surface area contributed by atoms with Gasteiger partial charge in [-0.05, 0) is 206 Å². The molecule has 22 aromatic rings. The van der Waals surface area contributed by atoms with Gasteiger partial charge in [0.25, 0.3) is 0 Å². The first kappa shape index (κ1) is 67.1. The number of aromatic nitrogens is 4. The lowest BCUT2D eigenvalue weighted by atomic mass is 9.66. The van der Waals surface area contributed by atoms with E-state index >= 15 is 0 Å². The van der Waals surface area contributed by atoms with Crippen LogP contribution in [0.15, 0.2) is 388 Å². The number of hydrogen-bond donors (Lipinski definition) is 0. The first-order valence-electron chi connectivity index (χ1n) is 40.8. The van der Waals surface area contributed by atoms with Gasteiger partial charge in [-0.1, -0.05) is 303 Å². The van der Waals surface area contributed by atoms with E-state index in [2.05, 4.69) is 388 Å². The van der Waals surface area contributed by atoms with Gasteiger partial charge in [-0.2, -0.15) is 0 Å². The Morgan fingerprint density at radius 3 is 1.11 bits per heavy atom. The molecule has 26 rings (SSSR count). The molecule has 0 saturated heterocycles. The molecule has 0 bridgehead atoms. The summed E-state index contributed by atoms with van der Waals surface area (Å²) in [4.78, 5) is 21.7. The SMILES string of the molecule is c1cc(-c2ccc(-c3nc(-c4ccc(-c5ccc6c(c5)-c5cc7ccccc7cc5C65c6ccccc6Oc6ccccc65)cc4)c4sc5ccccc5c4n3)cc2)cc(-c2cccc3cc4c(cc23)-c2cc(-c3ccc(-c5nc(-c6ccc7ccccc7c6)nc6c5sc5ccccc56)cc3)ccc2C42c3ccccc3Oc3ccccc32)c1. The van der Waals surface area contributed by atoms with E-state index in [-0.39, 0.29) is 0 Å². The third kappa shape index (κ3) is 9.83. The summed E-state index contributed by atoms with van der Waals surface area (Å²) in [6, 6.07) is 142. The van der Waals surface area contributed by atoms with Crippen molar-refractivity contribution in [3.8, 4) is 135 Å². The molecule has 2 aliphatic carbocycles. The standard InChI is InChI=1S/C112H64N4O2S2/c1-2-20-72-58-80(52-45-65(72)19-1)110-114-104(108-106(116-110)83-27-6-16-38-102(83)120-108)70-48-41-68(42-49-70)77-54-56-90-86(61-77)88-64-84-79(63-96(88)112(90)93-31-9-13-35-99(93)118-100-36-14-10-32-94(100)112)25-18-28-81(84)78-24-17-23-73(57-78)66-43-50-71(51-44-66)109-113-103(107-105(115-109)82-26-5-15-37-101(82)119-107)69-46-39-67(40-47-69)76-53-55-89-85(60-76)87-59-74-21-3-4-22-75(74)62-95(87)111(89)91-29-7-11-33-97(91)117-98-34-12-8-30-92(98)111/h1-64H. The zero-order chi connectivity index (χ0) is 78.5. The Labute approximate surface area is 698 Å². The first-order valence-corrected chi connectivity index (χ1v) is 42.5. The zero-order valence-electron chi connectivity index (χ0n) is 64.4. The van der Waals surface area contributed by atoms with Gasteiger partial charge in [0, 0.05) is 64.7 Å². The van der Waals surface area contributed by atoms with E-state index in [1.165, 1.54) is 80.8 Å². The van der Waals surface area contributed by atoms with Crippen LogP contribution in [0.4, 0.5) is 0 Å². The van der Waals surface area contributed by atoms with Crippen LogP contribution in [0.25, 0.3) is 185 Å². The highest BCUT2D eigenvalue weighted by Gasteiger charge is 2.53. The monoisotopic (exact) mass is 1560 g/mol. The van der Waals surface area contributed by atoms with Crippen LogP contribution in [-0.4, -0.2) is 19.9 Å². The fraction of sp³-hybridized carbons (Fsp3) is 0.0179. The summed E-state index contributed by atoms with van der Waals surface area (Å²) in [5.41, 5.74) is 30.1. The minimum Gasteiger partial charge on any atom is -0.457 e. The molecule has 0 radical (unpaired) electrons. The van der Waals surface area contributed by atoms with Crippen LogP contribution in [0, 0.1) is 0 Å². The first-order chi connectivity index (χ1) is 59.4. The lowest BCUT2D eigenvalue weighted by molar-refractivity contribution is 0.436. The van der Waals surface area contributed by atoms with Gasteiger partial charge in [0.05, 0.1) is 42.7 Å². The third-order valence-corrected chi connectivity index (χ3v) is 28.2. The van der Waals surface area contributed by atoms with Crippen LogP contribution in [0.5, 0.6) is 23.0 Å². The summed E-state index contributed by atoms with van der Waals surface area (Å²) in [7, 11) is 0. The van der Waals surface area contributed by atoms with E-state index in [0.717, 1.165) is 160 Å². The molecular formula is C112H64N4O2S2. The Balaban J connectivity index is 0.550. The number of thiophene rings is 2. The summed E-state index contributed by atoms with van der Waals surface area (Å²) in [6.07, 6.45) is 0. The van der Waals surface area contributed by atoms with Crippen molar-refractivity contribution in [2.75, 3.05) is 0 Å². The third-order valence-electron chi connectivity index (χ3n) is 25.8. The predicted molar refractivity (Wildman–Crippen MR) is 494 cm³/mol. The minimum absolute atomic E-state index is 0.570. The summed E-state index contributed by atoms with van der Waals surface area (Å²) < 4.78 is 18.1. The van der Waals surface area contributed by atoms with Gasteiger partial charge in [0.15, 0.2) is 11.6 Å². The Morgan fingerprint density at radius 1 is 0.200 bits per heavy atom. The molecular weight excluding hydrogens is 1500 g/mol. The molecule has 0 saturated carbocycles. The highest BCUT2D eigenvalue weighted by Crippen LogP contribution is 2.66. The van der Waals surface area contributed by atoms with Crippen LogP contribution in [0.3, 0.4) is 0 Å². The van der Waals surface area contributed by atoms with Crippen molar-refractivity contribution in [3.05, 3.63) is 433 Å². The maximum absolute atomic E-state index is 6.86. The molecule has 6 nitrogen and oxygen atoms in total. The van der Waals surface area contributed by atoms with E-state index in [1.54, 1.807) is 22.7 Å². The molecule has 0 fully saturated rings. The highest BCUT2D eigenvalue weighted by atomic mass is 32.1. The number of nitrogens with zero attached hydrogens (tertiary/aromatic N) is 4. The second-order valence-electron chi connectivity index (χ2n) is 32.1. The maximum atomic E-state index is 6.86. The number of ether oxygens (including phenoxy) is 2. The molecule has 0 amide bonds. The largest absolute Gasteiger partial charge is 0.457 e. The van der Waals surface area contributed by atoms with Gasteiger partial charge < -0.3 is 9.47 Å². The minimum atomic E-state index is -0.669. The van der Waals surface area contributed by atoms with Gasteiger partial charge in [-0.15, -0.1) is 22.7 Å². The van der Waals surface area contributed by atoms with Crippen LogP contribution in [0.2, 0.25) is 0 Å². The quantitative estimate of drug-likeness (QED) is 0.151. The van der Waals surface area contributed by atoms with E-state index in [9.17, 15) is 0 Å². The van der Waals surface area contributed by atoms with E-state index < -0.39 is 10.8 Å². The summed E-state index contributed by atoms with van der Waals surface area (Å²) in [5, 5.41) is 9.40. The van der Waals surface area contributed by atoms with Crippen molar-refractivity contribution in [2.45, 2.75) is 10.8 Å². The van der Waals surface area contributed by atoms with Crippen molar-refractivity contribution in [1.82, 2.24) is 19.9 Å². The number of fused-ring (bicyclic) bond motifs is 27. The van der Waals surface area contributed by atoms with Crippen molar-refractivity contribution in [3.63, 3.8) is 0 Å². The molecule has 18 aromatic carbocycles. The van der Waals surface area contributed by atoms with Gasteiger partial charge in [-0.3, -0.25) is 0 Å². The molecule has 0 atom stereocenters. The number of para-hydroxylation sites is 4.